The number of anilines is 1. The Morgan fingerprint density at radius 2 is 2.00 bits per heavy atom. The van der Waals surface area contributed by atoms with Gasteiger partial charge in [0.15, 0.2) is 18.1 Å². The molecule has 1 aliphatic rings. The molecule has 3 amide bonds. The van der Waals surface area contributed by atoms with E-state index in [0.717, 1.165) is 12.8 Å². The van der Waals surface area contributed by atoms with Gasteiger partial charge in [0.1, 0.15) is 0 Å². The molecule has 0 radical (unpaired) electrons. The van der Waals surface area contributed by atoms with Crippen LogP contribution in [0.1, 0.15) is 25.3 Å². The number of hydrogen-bond donors (Lipinski definition) is 3. The monoisotopic (exact) mass is 502 g/mol. The Labute approximate surface area is 208 Å². The van der Waals surface area contributed by atoms with E-state index in [1.165, 1.54) is 6.21 Å². The molecule has 186 valence electrons. The lowest BCUT2D eigenvalue weighted by Gasteiger charge is -2.13. The average molecular weight is 503 g/mol. The minimum absolute atomic E-state index is 0.0594. The van der Waals surface area contributed by atoms with Gasteiger partial charge in [0, 0.05) is 23.9 Å². The molecule has 1 aliphatic heterocycles. The van der Waals surface area contributed by atoms with Crippen LogP contribution in [0.5, 0.6) is 11.5 Å². The van der Waals surface area contributed by atoms with Crippen LogP contribution in [0.3, 0.4) is 0 Å². The summed E-state index contributed by atoms with van der Waals surface area (Å²) in [5.41, 5.74) is 3.33. The van der Waals surface area contributed by atoms with Crippen molar-refractivity contribution in [2.75, 3.05) is 31.7 Å². The third-order valence-corrected chi connectivity index (χ3v) is 5.07. The van der Waals surface area contributed by atoms with Gasteiger partial charge >= 0.3 is 11.8 Å². The number of hydrogen-bond acceptors (Lipinski definition) is 7. The smallest absolute Gasteiger partial charge is 0.329 e. The quantitative estimate of drug-likeness (QED) is 0.260. The van der Waals surface area contributed by atoms with Crippen molar-refractivity contribution >= 4 is 41.2 Å². The van der Waals surface area contributed by atoms with E-state index in [9.17, 15) is 14.4 Å². The number of carbonyl (C=O) groups is 3. The third-order valence-electron chi connectivity index (χ3n) is 4.83. The summed E-state index contributed by atoms with van der Waals surface area (Å²) in [5.74, 6) is -1.27. The molecule has 10 nitrogen and oxygen atoms in total. The SMILES string of the molecule is CCOc1cc(/C=N\NC(=O)C(=O)NC[C@H]2CCCO2)ccc1OCC(=O)Nc1cccc(Cl)c1. The highest BCUT2D eigenvalue weighted by Crippen LogP contribution is 2.28. The fourth-order valence-corrected chi connectivity index (χ4v) is 3.40. The highest BCUT2D eigenvalue weighted by Gasteiger charge is 2.19. The van der Waals surface area contributed by atoms with Gasteiger partial charge in [0.05, 0.1) is 18.9 Å². The Kier molecular flexibility index (Phi) is 9.88. The van der Waals surface area contributed by atoms with Crippen LogP contribution in [0.15, 0.2) is 47.6 Å². The number of carbonyl (C=O) groups excluding carboxylic acids is 3. The molecule has 0 aromatic heterocycles. The van der Waals surface area contributed by atoms with Gasteiger partial charge in [-0.05, 0) is 61.7 Å². The van der Waals surface area contributed by atoms with Gasteiger partial charge in [0.25, 0.3) is 5.91 Å². The van der Waals surface area contributed by atoms with Crippen LogP contribution >= 0.6 is 11.6 Å². The maximum Gasteiger partial charge on any atom is 0.329 e. The number of halogens is 1. The van der Waals surface area contributed by atoms with E-state index in [0.29, 0.717) is 41.0 Å². The summed E-state index contributed by atoms with van der Waals surface area (Å²) >= 11 is 5.92. The van der Waals surface area contributed by atoms with Gasteiger partial charge in [-0.3, -0.25) is 14.4 Å². The van der Waals surface area contributed by atoms with E-state index in [-0.39, 0.29) is 25.2 Å². The zero-order valence-electron chi connectivity index (χ0n) is 19.2. The van der Waals surface area contributed by atoms with Gasteiger partial charge in [-0.2, -0.15) is 5.10 Å². The zero-order valence-corrected chi connectivity index (χ0v) is 20.0. The van der Waals surface area contributed by atoms with Crippen LogP contribution in [-0.4, -0.2) is 56.4 Å². The number of ether oxygens (including phenoxy) is 3. The first-order chi connectivity index (χ1) is 16.9. The molecule has 2 aromatic rings. The van der Waals surface area contributed by atoms with Crippen LogP contribution < -0.4 is 25.5 Å². The lowest BCUT2D eigenvalue weighted by atomic mass is 10.2. The molecule has 11 heteroatoms. The topological polar surface area (TPSA) is 127 Å². The summed E-state index contributed by atoms with van der Waals surface area (Å²) in [6.45, 7) is 2.89. The predicted octanol–water partition coefficient (Wildman–Crippen LogP) is 2.50. The molecule has 1 atom stereocenters. The van der Waals surface area contributed by atoms with Crippen molar-refractivity contribution in [1.82, 2.24) is 10.7 Å². The number of nitrogens with one attached hydrogen (secondary N) is 3. The highest BCUT2D eigenvalue weighted by atomic mass is 35.5. The van der Waals surface area contributed by atoms with Crippen LogP contribution in [0.4, 0.5) is 5.69 Å². The third kappa shape index (κ3) is 8.58. The Hall–Kier alpha value is -3.63. The van der Waals surface area contributed by atoms with Gasteiger partial charge in [-0.1, -0.05) is 17.7 Å². The van der Waals surface area contributed by atoms with Crippen molar-refractivity contribution in [2.45, 2.75) is 25.9 Å². The summed E-state index contributed by atoms with van der Waals surface area (Å²) in [4.78, 5) is 35.9. The van der Waals surface area contributed by atoms with Crippen molar-refractivity contribution in [1.29, 1.82) is 0 Å². The maximum atomic E-state index is 12.2. The van der Waals surface area contributed by atoms with E-state index in [4.69, 9.17) is 25.8 Å². The molecule has 1 fully saturated rings. The average Bonchev–Trinajstić information content (AvgIpc) is 3.36. The molecule has 0 aliphatic carbocycles. The molecule has 0 bridgehead atoms. The minimum Gasteiger partial charge on any atom is -0.490 e. The van der Waals surface area contributed by atoms with Crippen molar-refractivity contribution < 1.29 is 28.6 Å². The van der Waals surface area contributed by atoms with Crippen molar-refractivity contribution in [2.24, 2.45) is 5.10 Å². The van der Waals surface area contributed by atoms with E-state index in [1.807, 2.05) is 6.92 Å². The second kappa shape index (κ2) is 13.3. The van der Waals surface area contributed by atoms with E-state index in [2.05, 4.69) is 21.2 Å². The molecule has 0 spiro atoms. The first kappa shape index (κ1) is 26.0. The lowest BCUT2D eigenvalue weighted by molar-refractivity contribution is -0.139. The Bertz CT molecular complexity index is 1070. The van der Waals surface area contributed by atoms with E-state index in [1.54, 1.807) is 42.5 Å². The molecule has 1 saturated heterocycles. The summed E-state index contributed by atoms with van der Waals surface area (Å²) in [6.07, 6.45) is 3.11. The molecule has 1 heterocycles. The normalized spacial score (nSPS) is 15.0. The van der Waals surface area contributed by atoms with E-state index >= 15 is 0 Å². The lowest BCUT2D eigenvalue weighted by Crippen LogP contribution is -2.41. The second-order valence-electron chi connectivity index (χ2n) is 7.53. The maximum absolute atomic E-state index is 12.2. The Balaban J connectivity index is 1.50. The molecule has 0 unspecified atom stereocenters. The number of nitrogens with zero attached hydrogens (tertiary/aromatic N) is 1. The Morgan fingerprint density at radius 3 is 2.74 bits per heavy atom. The molecule has 2 aromatic carbocycles. The standard InChI is InChI=1S/C24H27ClN4O6/c1-2-33-21-11-16(13-27-29-24(32)23(31)26-14-19-7-4-10-34-19)8-9-20(21)35-15-22(30)28-18-6-3-5-17(25)12-18/h3,5-6,8-9,11-13,19H,2,4,7,10,14-15H2,1H3,(H,26,31)(H,28,30)(H,29,32)/b27-13-/t19-/m1/s1. The van der Waals surface area contributed by atoms with E-state index < -0.39 is 11.8 Å². The molecule has 3 N–H and O–H groups in total. The molecular weight excluding hydrogens is 476 g/mol. The van der Waals surface area contributed by atoms with Crippen LogP contribution in [0, 0.1) is 0 Å². The van der Waals surface area contributed by atoms with Crippen LogP contribution in [0.2, 0.25) is 5.02 Å². The number of hydrazone groups is 1. The summed E-state index contributed by atoms with van der Waals surface area (Å²) in [5, 5.41) is 9.54. The van der Waals surface area contributed by atoms with Crippen molar-refractivity contribution in [3.05, 3.63) is 53.1 Å². The summed E-state index contributed by atoms with van der Waals surface area (Å²) in [7, 11) is 0. The van der Waals surface area contributed by atoms with Gasteiger partial charge < -0.3 is 24.8 Å². The Morgan fingerprint density at radius 1 is 1.14 bits per heavy atom. The first-order valence-electron chi connectivity index (χ1n) is 11.1. The minimum atomic E-state index is -0.880. The van der Waals surface area contributed by atoms with Crippen molar-refractivity contribution in [3.8, 4) is 11.5 Å². The van der Waals surface area contributed by atoms with Gasteiger partial charge in [-0.15, -0.1) is 0 Å². The second-order valence-corrected chi connectivity index (χ2v) is 7.97. The van der Waals surface area contributed by atoms with Gasteiger partial charge in [0.2, 0.25) is 0 Å². The number of rotatable bonds is 10. The first-order valence-corrected chi connectivity index (χ1v) is 11.5. The highest BCUT2D eigenvalue weighted by molar-refractivity contribution is 6.35. The van der Waals surface area contributed by atoms with Crippen LogP contribution in [-0.2, 0) is 19.1 Å². The molecular formula is C24H27ClN4O6. The van der Waals surface area contributed by atoms with Gasteiger partial charge in [-0.25, -0.2) is 5.43 Å². The van der Waals surface area contributed by atoms with Crippen LogP contribution in [0.25, 0.3) is 0 Å². The fraction of sp³-hybridized carbons (Fsp3) is 0.333. The van der Waals surface area contributed by atoms with Crippen molar-refractivity contribution in [3.63, 3.8) is 0 Å². The fourth-order valence-electron chi connectivity index (χ4n) is 3.21. The molecule has 3 rings (SSSR count). The number of benzene rings is 2. The molecule has 35 heavy (non-hydrogen) atoms. The summed E-state index contributed by atoms with van der Waals surface area (Å²) < 4.78 is 16.6. The summed E-state index contributed by atoms with van der Waals surface area (Å²) in [6, 6.07) is 11.7. The number of amides is 3. The molecule has 0 saturated carbocycles. The predicted molar refractivity (Wildman–Crippen MR) is 131 cm³/mol. The zero-order chi connectivity index (χ0) is 25.0. The largest absolute Gasteiger partial charge is 0.490 e.